The van der Waals surface area contributed by atoms with Crippen LogP contribution in [0.5, 0.6) is 5.75 Å². The second-order valence-electron chi connectivity index (χ2n) is 5.68. The fourth-order valence-corrected chi connectivity index (χ4v) is 2.53. The molecule has 116 valence electrons. The summed E-state index contributed by atoms with van der Waals surface area (Å²) in [5, 5.41) is 0. The highest BCUT2D eigenvalue weighted by Crippen LogP contribution is 2.31. The summed E-state index contributed by atoms with van der Waals surface area (Å²) >= 11 is 0. The van der Waals surface area contributed by atoms with E-state index in [1.54, 1.807) is 0 Å². The highest BCUT2D eigenvalue weighted by atomic mass is 16.5. The number of benzene rings is 3. The molecule has 0 bridgehead atoms. The fourth-order valence-electron chi connectivity index (χ4n) is 2.53. The zero-order chi connectivity index (χ0) is 16.1. The van der Waals surface area contributed by atoms with Crippen LogP contribution in [0.2, 0.25) is 0 Å². The van der Waals surface area contributed by atoms with Gasteiger partial charge in [0.1, 0.15) is 12.4 Å². The van der Waals surface area contributed by atoms with Gasteiger partial charge in [-0.05, 0) is 29.7 Å². The van der Waals surface area contributed by atoms with E-state index in [2.05, 4.69) is 42.5 Å². The van der Waals surface area contributed by atoms with Gasteiger partial charge in [0.15, 0.2) is 0 Å². The van der Waals surface area contributed by atoms with E-state index >= 15 is 0 Å². The average Bonchev–Trinajstić information content (AvgIpc) is 2.61. The first kappa shape index (κ1) is 15.3. The largest absolute Gasteiger partial charge is 0.488 e. The standard InChI is InChI=1S/C21H21NO/c1-16(22)18-11-13-19(14-12-18)20-9-5-6-10-21(20)23-15-17-7-3-2-4-8-17/h2-14,16H,15,22H2,1H3. The van der Waals surface area contributed by atoms with E-state index in [0.717, 1.165) is 28.0 Å². The molecule has 0 aromatic heterocycles. The van der Waals surface area contributed by atoms with Gasteiger partial charge in [0, 0.05) is 11.6 Å². The van der Waals surface area contributed by atoms with Crippen molar-refractivity contribution in [2.45, 2.75) is 19.6 Å². The molecule has 23 heavy (non-hydrogen) atoms. The molecule has 0 spiro atoms. The van der Waals surface area contributed by atoms with Gasteiger partial charge >= 0.3 is 0 Å². The van der Waals surface area contributed by atoms with Gasteiger partial charge in [-0.1, -0.05) is 72.8 Å². The number of para-hydroxylation sites is 1. The third-order valence-corrected chi connectivity index (χ3v) is 3.87. The van der Waals surface area contributed by atoms with Crippen molar-refractivity contribution >= 4 is 0 Å². The topological polar surface area (TPSA) is 35.2 Å². The number of ether oxygens (including phenoxy) is 1. The van der Waals surface area contributed by atoms with Crippen LogP contribution in [0.3, 0.4) is 0 Å². The minimum Gasteiger partial charge on any atom is -0.488 e. The average molecular weight is 303 g/mol. The smallest absolute Gasteiger partial charge is 0.127 e. The van der Waals surface area contributed by atoms with Gasteiger partial charge in [-0.2, -0.15) is 0 Å². The molecule has 0 fully saturated rings. The molecule has 2 heteroatoms. The molecule has 0 aliphatic heterocycles. The maximum atomic E-state index is 6.03. The molecule has 3 aromatic carbocycles. The normalized spacial score (nSPS) is 11.9. The Morgan fingerprint density at radius 2 is 1.48 bits per heavy atom. The van der Waals surface area contributed by atoms with Crippen LogP contribution in [0.15, 0.2) is 78.9 Å². The Labute approximate surface area is 137 Å². The Hall–Kier alpha value is -2.58. The molecule has 0 heterocycles. The molecule has 1 atom stereocenters. The minimum atomic E-state index is 0.0497. The molecule has 2 N–H and O–H groups in total. The molecule has 2 nitrogen and oxygen atoms in total. The molecule has 0 aliphatic rings. The number of hydrogen-bond donors (Lipinski definition) is 1. The van der Waals surface area contributed by atoms with E-state index in [0.29, 0.717) is 6.61 Å². The van der Waals surface area contributed by atoms with Crippen LogP contribution in [-0.2, 0) is 6.61 Å². The van der Waals surface area contributed by atoms with Crippen molar-refractivity contribution in [3.63, 3.8) is 0 Å². The number of hydrogen-bond acceptors (Lipinski definition) is 2. The molecular weight excluding hydrogens is 282 g/mol. The Balaban J connectivity index is 1.82. The molecule has 1 unspecified atom stereocenters. The first-order valence-electron chi connectivity index (χ1n) is 7.86. The van der Waals surface area contributed by atoms with Crippen LogP contribution in [0.25, 0.3) is 11.1 Å². The van der Waals surface area contributed by atoms with Gasteiger partial charge in [0.05, 0.1) is 0 Å². The van der Waals surface area contributed by atoms with Crippen molar-refractivity contribution < 1.29 is 4.74 Å². The predicted octanol–water partition coefficient (Wildman–Crippen LogP) is 4.95. The highest BCUT2D eigenvalue weighted by molar-refractivity contribution is 5.70. The third-order valence-electron chi connectivity index (χ3n) is 3.87. The van der Waals surface area contributed by atoms with E-state index in [9.17, 15) is 0 Å². The molecule has 3 rings (SSSR count). The lowest BCUT2D eigenvalue weighted by Crippen LogP contribution is -2.04. The molecule has 3 aromatic rings. The summed E-state index contributed by atoms with van der Waals surface area (Å²) in [6.07, 6.45) is 0. The fraction of sp³-hybridized carbons (Fsp3) is 0.143. The van der Waals surface area contributed by atoms with Gasteiger partial charge in [-0.15, -0.1) is 0 Å². The van der Waals surface area contributed by atoms with Gasteiger partial charge in [0.2, 0.25) is 0 Å². The second-order valence-corrected chi connectivity index (χ2v) is 5.68. The molecule has 0 saturated carbocycles. The van der Waals surface area contributed by atoms with Crippen molar-refractivity contribution in [1.29, 1.82) is 0 Å². The van der Waals surface area contributed by atoms with Crippen LogP contribution in [-0.4, -0.2) is 0 Å². The van der Waals surface area contributed by atoms with Crippen molar-refractivity contribution in [3.8, 4) is 16.9 Å². The lowest BCUT2D eigenvalue weighted by Gasteiger charge is -2.13. The summed E-state index contributed by atoms with van der Waals surface area (Å²) in [5.41, 5.74) is 10.5. The quantitative estimate of drug-likeness (QED) is 0.723. The zero-order valence-electron chi connectivity index (χ0n) is 13.3. The Morgan fingerprint density at radius 3 is 2.17 bits per heavy atom. The van der Waals surface area contributed by atoms with Crippen molar-refractivity contribution in [3.05, 3.63) is 90.0 Å². The second kappa shape index (κ2) is 7.12. The lowest BCUT2D eigenvalue weighted by molar-refractivity contribution is 0.307. The Kier molecular flexibility index (Phi) is 4.74. The molecular formula is C21H21NO. The molecule has 0 aliphatic carbocycles. The summed E-state index contributed by atoms with van der Waals surface area (Å²) in [6, 6.07) is 26.7. The zero-order valence-corrected chi connectivity index (χ0v) is 13.3. The van der Waals surface area contributed by atoms with Crippen molar-refractivity contribution in [1.82, 2.24) is 0 Å². The third kappa shape index (κ3) is 3.79. The molecule has 0 radical (unpaired) electrons. The Bertz CT molecular complexity index is 748. The summed E-state index contributed by atoms with van der Waals surface area (Å²) < 4.78 is 6.03. The van der Waals surface area contributed by atoms with Crippen LogP contribution in [0.4, 0.5) is 0 Å². The highest BCUT2D eigenvalue weighted by Gasteiger charge is 2.07. The maximum absolute atomic E-state index is 6.03. The van der Waals surface area contributed by atoms with E-state index in [1.165, 1.54) is 0 Å². The maximum Gasteiger partial charge on any atom is 0.127 e. The summed E-state index contributed by atoms with van der Waals surface area (Å²) in [6.45, 7) is 2.56. The van der Waals surface area contributed by atoms with Gasteiger partial charge < -0.3 is 10.5 Å². The van der Waals surface area contributed by atoms with Crippen LogP contribution >= 0.6 is 0 Å². The molecule has 0 amide bonds. The van der Waals surface area contributed by atoms with Gasteiger partial charge in [-0.25, -0.2) is 0 Å². The monoisotopic (exact) mass is 303 g/mol. The SMILES string of the molecule is CC(N)c1ccc(-c2ccccc2OCc2ccccc2)cc1. The predicted molar refractivity (Wildman–Crippen MR) is 95.3 cm³/mol. The summed E-state index contributed by atoms with van der Waals surface area (Å²) in [5.74, 6) is 0.893. The number of nitrogens with two attached hydrogens (primary N) is 1. The Morgan fingerprint density at radius 1 is 0.826 bits per heavy atom. The van der Waals surface area contributed by atoms with Gasteiger partial charge in [0.25, 0.3) is 0 Å². The molecule has 0 saturated heterocycles. The van der Waals surface area contributed by atoms with E-state index in [4.69, 9.17) is 10.5 Å². The minimum absolute atomic E-state index is 0.0497. The van der Waals surface area contributed by atoms with Crippen LogP contribution in [0.1, 0.15) is 24.1 Å². The lowest BCUT2D eigenvalue weighted by atomic mass is 10.0. The number of rotatable bonds is 5. The van der Waals surface area contributed by atoms with Crippen molar-refractivity contribution in [2.24, 2.45) is 5.73 Å². The van der Waals surface area contributed by atoms with E-state index < -0.39 is 0 Å². The van der Waals surface area contributed by atoms with Crippen LogP contribution in [0, 0.1) is 0 Å². The van der Waals surface area contributed by atoms with Crippen LogP contribution < -0.4 is 10.5 Å². The summed E-state index contributed by atoms with van der Waals surface area (Å²) in [7, 11) is 0. The summed E-state index contributed by atoms with van der Waals surface area (Å²) in [4.78, 5) is 0. The van der Waals surface area contributed by atoms with Crippen molar-refractivity contribution in [2.75, 3.05) is 0 Å². The van der Waals surface area contributed by atoms with Gasteiger partial charge in [-0.3, -0.25) is 0 Å². The first-order valence-corrected chi connectivity index (χ1v) is 7.86. The van der Waals surface area contributed by atoms with E-state index in [1.807, 2.05) is 43.3 Å². The van der Waals surface area contributed by atoms with E-state index in [-0.39, 0.29) is 6.04 Å². The first-order chi connectivity index (χ1) is 11.2.